The number of halogens is 1. The maximum atomic E-state index is 13.5. The highest BCUT2D eigenvalue weighted by Gasteiger charge is 2.19. The Morgan fingerprint density at radius 2 is 2.06 bits per heavy atom. The summed E-state index contributed by atoms with van der Waals surface area (Å²) >= 11 is 0. The van der Waals surface area contributed by atoms with Gasteiger partial charge in [0.25, 0.3) is 0 Å². The second kappa shape index (κ2) is 5.91. The van der Waals surface area contributed by atoms with E-state index in [1.165, 1.54) is 6.07 Å². The average Bonchev–Trinajstić information content (AvgIpc) is 2.25. The van der Waals surface area contributed by atoms with Gasteiger partial charge in [-0.25, -0.2) is 4.39 Å². The second-order valence-electron chi connectivity index (χ2n) is 4.74. The van der Waals surface area contributed by atoms with Crippen LogP contribution in [0.2, 0.25) is 0 Å². The van der Waals surface area contributed by atoms with Gasteiger partial charge in [-0.15, -0.1) is 0 Å². The van der Waals surface area contributed by atoms with E-state index in [0.29, 0.717) is 24.6 Å². The van der Waals surface area contributed by atoms with Gasteiger partial charge < -0.3 is 20.5 Å². The normalized spacial score (nSPS) is 11.4. The lowest BCUT2D eigenvalue weighted by Gasteiger charge is -2.27. The number of ether oxygens (including phenoxy) is 2. The van der Waals surface area contributed by atoms with Crippen molar-refractivity contribution in [1.82, 2.24) is 0 Å². The lowest BCUT2D eigenvalue weighted by atomic mass is 10.1. The first kappa shape index (κ1) is 14.6. The standard InChI is InChI=1S/C13H21FN2O2/c1-5-18-12-7-11(10(15)6-9(12)14)16-13(2,3)8-17-4/h6-7,16H,5,8,15H2,1-4H3. The molecule has 1 aromatic carbocycles. The molecule has 5 heteroatoms. The molecule has 18 heavy (non-hydrogen) atoms. The highest BCUT2D eigenvalue weighted by molar-refractivity contribution is 5.69. The van der Waals surface area contributed by atoms with Crippen LogP contribution in [0.15, 0.2) is 12.1 Å². The third kappa shape index (κ3) is 3.77. The molecule has 3 N–H and O–H groups in total. The van der Waals surface area contributed by atoms with E-state index in [1.54, 1.807) is 20.1 Å². The number of methoxy groups -OCH3 is 1. The van der Waals surface area contributed by atoms with Crippen LogP contribution in [0.5, 0.6) is 5.75 Å². The molecule has 0 bridgehead atoms. The van der Waals surface area contributed by atoms with Crippen molar-refractivity contribution in [3.8, 4) is 5.75 Å². The van der Waals surface area contributed by atoms with Crippen molar-refractivity contribution in [3.05, 3.63) is 17.9 Å². The summed E-state index contributed by atoms with van der Waals surface area (Å²) < 4.78 is 23.9. The minimum Gasteiger partial charge on any atom is -0.491 e. The Bertz CT molecular complexity index is 408. The van der Waals surface area contributed by atoms with Gasteiger partial charge in [-0.1, -0.05) is 0 Å². The fraction of sp³-hybridized carbons (Fsp3) is 0.538. The zero-order valence-corrected chi connectivity index (χ0v) is 11.3. The van der Waals surface area contributed by atoms with Gasteiger partial charge in [-0.3, -0.25) is 0 Å². The van der Waals surface area contributed by atoms with Crippen LogP contribution in [0, 0.1) is 5.82 Å². The zero-order valence-electron chi connectivity index (χ0n) is 11.3. The number of nitrogens with one attached hydrogen (secondary N) is 1. The molecule has 0 aliphatic rings. The molecule has 4 nitrogen and oxygen atoms in total. The van der Waals surface area contributed by atoms with Crippen LogP contribution in [0.3, 0.4) is 0 Å². The van der Waals surface area contributed by atoms with E-state index in [0.717, 1.165) is 0 Å². The Labute approximate surface area is 107 Å². The topological polar surface area (TPSA) is 56.5 Å². The summed E-state index contributed by atoms with van der Waals surface area (Å²) in [5.74, 6) is -0.258. The molecule has 0 aromatic heterocycles. The van der Waals surface area contributed by atoms with Crippen molar-refractivity contribution >= 4 is 11.4 Å². The number of hydrogen-bond donors (Lipinski definition) is 2. The van der Waals surface area contributed by atoms with Gasteiger partial charge in [-0.2, -0.15) is 0 Å². The van der Waals surface area contributed by atoms with Crippen LogP contribution in [0.4, 0.5) is 15.8 Å². The van der Waals surface area contributed by atoms with Gasteiger partial charge in [0.15, 0.2) is 11.6 Å². The monoisotopic (exact) mass is 256 g/mol. The number of benzene rings is 1. The largest absolute Gasteiger partial charge is 0.491 e. The van der Waals surface area contributed by atoms with Gasteiger partial charge in [0.05, 0.1) is 30.1 Å². The third-order valence-corrected chi connectivity index (χ3v) is 2.38. The van der Waals surface area contributed by atoms with E-state index in [4.69, 9.17) is 15.2 Å². The minimum absolute atomic E-state index is 0.197. The quantitative estimate of drug-likeness (QED) is 0.768. The smallest absolute Gasteiger partial charge is 0.167 e. The van der Waals surface area contributed by atoms with Crippen molar-refractivity contribution in [1.29, 1.82) is 0 Å². The van der Waals surface area contributed by atoms with E-state index >= 15 is 0 Å². The molecule has 0 heterocycles. The van der Waals surface area contributed by atoms with Crippen LogP contribution < -0.4 is 15.8 Å². The van der Waals surface area contributed by atoms with Crippen LogP contribution in [0.1, 0.15) is 20.8 Å². The molecule has 0 unspecified atom stereocenters. The molecule has 0 radical (unpaired) electrons. The molecule has 0 saturated heterocycles. The molecular formula is C13H21FN2O2. The predicted molar refractivity (Wildman–Crippen MR) is 71.6 cm³/mol. The minimum atomic E-state index is -0.454. The second-order valence-corrected chi connectivity index (χ2v) is 4.74. The number of hydrogen-bond acceptors (Lipinski definition) is 4. The summed E-state index contributed by atoms with van der Waals surface area (Å²) in [6.45, 7) is 6.66. The van der Waals surface area contributed by atoms with Gasteiger partial charge in [0.2, 0.25) is 0 Å². The van der Waals surface area contributed by atoms with Crippen LogP contribution >= 0.6 is 0 Å². The predicted octanol–water partition coefficient (Wildman–Crippen LogP) is 2.64. The third-order valence-electron chi connectivity index (χ3n) is 2.38. The van der Waals surface area contributed by atoms with E-state index in [9.17, 15) is 4.39 Å². The summed E-state index contributed by atoms with van der Waals surface area (Å²) in [6, 6.07) is 2.84. The Morgan fingerprint density at radius 1 is 1.39 bits per heavy atom. The maximum absolute atomic E-state index is 13.5. The Kier molecular flexibility index (Phi) is 4.78. The Balaban J connectivity index is 2.98. The summed E-state index contributed by atoms with van der Waals surface area (Å²) in [6.07, 6.45) is 0. The summed E-state index contributed by atoms with van der Waals surface area (Å²) in [5.41, 5.74) is 6.48. The van der Waals surface area contributed by atoms with Crippen molar-refractivity contribution in [3.63, 3.8) is 0 Å². The molecule has 0 saturated carbocycles. The summed E-state index contributed by atoms with van der Waals surface area (Å²) in [4.78, 5) is 0. The molecule has 0 spiro atoms. The summed E-state index contributed by atoms with van der Waals surface area (Å²) in [5, 5.41) is 3.22. The molecule has 102 valence electrons. The Hall–Kier alpha value is -1.49. The van der Waals surface area contributed by atoms with Crippen molar-refractivity contribution in [2.45, 2.75) is 26.3 Å². The Morgan fingerprint density at radius 3 is 2.61 bits per heavy atom. The first-order valence-corrected chi connectivity index (χ1v) is 5.88. The van der Waals surface area contributed by atoms with Gasteiger partial charge in [-0.05, 0) is 20.8 Å². The molecule has 0 aliphatic carbocycles. The average molecular weight is 256 g/mol. The van der Waals surface area contributed by atoms with E-state index in [2.05, 4.69) is 5.32 Å². The first-order chi connectivity index (χ1) is 8.39. The number of rotatable bonds is 6. The van der Waals surface area contributed by atoms with Gasteiger partial charge in [0, 0.05) is 19.2 Å². The highest BCUT2D eigenvalue weighted by Crippen LogP contribution is 2.30. The van der Waals surface area contributed by atoms with E-state index in [-0.39, 0.29) is 11.3 Å². The van der Waals surface area contributed by atoms with Crippen LogP contribution in [-0.2, 0) is 4.74 Å². The highest BCUT2D eigenvalue weighted by atomic mass is 19.1. The van der Waals surface area contributed by atoms with Crippen LogP contribution in [0.25, 0.3) is 0 Å². The molecule has 0 atom stereocenters. The van der Waals surface area contributed by atoms with E-state index in [1.807, 2.05) is 13.8 Å². The number of anilines is 2. The lowest BCUT2D eigenvalue weighted by molar-refractivity contribution is 0.158. The molecule has 1 aromatic rings. The molecule has 0 fully saturated rings. The number of nitrogen functional groups attached to an aromatic ring is 1. The first-order valence-electron chi connectivity index (χ1n) is 5.88. The number of nitrogens with two attached hydrogens (primary N) is 1. The fourth-order valence-electron chi connectivity index (χ4n) is 1.70. The van der Waals surface area contributed by atoms with Crippen molar-refractivity contribution < 1.29 is 13.9 Å². The zero-order chi connectivity index (χ0) is 13.8. The fourth-order valence-corrected chi connectivity index (χ4v) is 1.70. The summed E-state index contributed by atoms with van der Waals surface area (Å²) in [7, 11) is 1.63. The van der Waals surface area contributed by atoms with Gasteiger partial charge >= 0.3 is 0 Å². The molecule has 0 amide bonds. The van der Waals surface area contributed by atoms with E-state index < -0.39 is 5.82 Å². The molecule has 1 rings (SSSR count). The van der Waals surface area contributed by atoms with Crippen molar-refractivity contribution in [2.24, 2.45) is 0 Å². The maximum Gasteiger partial charge on any atom is 0.167 e. The SMILES string of the molecule is CCOc1cc(NC(C)(C)COC)c(N)cc1F. The van der Waals surface area contributed by atoms with Gasteiger partial charge in [0.1, 0.15) is 0 Å². The molecule has 0 aliphatic heterocycles. The molecular weight excluding hydrogens is 235 g/mol. The lowest BCUT2D eigenvalue weighted by Crippen LogP contribution is -2.36. The van der Waals surface area contributed by atoms with Crippen LogP contribution in [-0.4, -0.2) is 25.9 Å². The van der Waals surface area contributed by atoms with Crippen molar-refractivity contribution in [2.75, 3.05) is 31.4 Å².